The highest BCUT2D eigenvalue weighted by Crippen LogP contribution is 2.18. The lowest BCUT2D eigenvalue weighted by molar-refractivity contribution is 0.0184. The number of ether oxygens (including phenoxy) is 2. The van der Waals surface area contributed by atoms with Crippen LogP contribution in [0.25, 0.3) is 0 Å². The van der Waals surface area contributed by atoms with Crippen LogP contribution in [0.4, 0.5) is 0 Å². The van der Waals surface area contributed by atoms with E-state index in [1.807, 2.05) is 31.2 Å². The number of benzene rings is 1. The van der Waals surface area contributed by atoms with E-state index in [0.29, 0.717) is 19.8 Å². The highest BCUT2D eigenvalue weighted by Gasteiger charge is 2.27. The third-order valence-electron chi connectivity index (χ3n) is 3.67. The number of β-amino-alcohol motifs (C(OH)–C–C–N with tert-alkyl or cyclic N) is 1. The first-order valence-electron chi connectivity index (χ1n) is 7.28. The summed E-state index contributed by atoms with van der Waals surface area (Å²) in [4.78, 5) is 0. The summed E-state index contributed by atoms with van der Waals surface area (Å²) >= 11 is 0. The molecular weight excluding hydrogens is 254 g/mol. The normalized spacial score (nSPS) is 24.4. The predicted octanol–water partition coefficient (Wildman–Crippen LogP) is 1.89. The second kappa shape index (κ2) is 7.07. The second-order valence-corrected chi connectivity index (χ2v) is 5.88. The molecule has 0 saturated carbocycles. The first kappa shape index (κ1) is 15.3. The van der Waals surface area contributed by atoms with Crippen molar-refractivity contribution >= 4 is 0 Å². The monoisotopic (exact) mass is 279 g/mol. The summed E-state index contributed by atoms with van der Waals surface area (Å²) in [6.07, 6.45) is 1.63. The van der Waals surface area contributed by atoms with Crippen LogP contribution in [0.15, 0.2) is 24.3 Å². The molecule has 1 fully saturated rings. The number of aliphatic hydroxyl groups excluding tert-OH is 1. The molecule has 1 saturated heterocycles. The first-order chi connectivity index (χ1) is 9.57. The minimum absolute atomic E-state index is 0.0247. The van der Waals surface area contributed by atoms with Crippen molar-refractivity contribution in [2.45, 2.75) is 38.3 Å². The Balaban J connectivity index is 1.69. The van der Waals surface area contributed by atoms with Crippen molar-refractivity contribution in [2.24, 2.45) is 0 Å². The summed E-state index contributed by atoms with van der Waals surface area (Å²) < 4.78 is 11.1. The Kier molecular flexibility index (Phi) is 5.40. The van der Waals surface area contributed by atoms with E-state index in [4.69, 9.17) is 9.47 Å². The Bertz CT molecular complexity index is 399. The average molecular weight is 279 g/mol. The smallest absolute Gasteiger partial charge is 0.119 e. The van der Waals surface area contributed by atoms with Crippen molar-refractivity contribution in [3.8, 4) is 5.75 Å². The number of hydrogen-bond donors (Lipinski definition) is 2. The molecule has 112 valence electrons. The fourth-order valence-corrected chi connectivity index (χ4v) is 2.32. The molecule has 4 heteroatoms. The van der Waals surface area contributed by atoms with Gasteiger partial charge in [0.1, 0.15) is 18.5 Å². The number of aliphatic hydroxyl groups is 1. The lowest BCUT2D eigenvalue weighted by Crippen LogP contribution is -2.51. The topological polar surface area (TPSA) is 50.7 Å². The van der Waals surface area contributed by atoms with Crippen LogP contribution < -0.4 is 10.1 Å². The zero-order valence-electron chi connectivity index (χ0n) is 12.4. The number of rotatable bonds is 6. The fourth-order valence-electron chi connectivity index (χ4n) is 2.32. The van der Waals surface area contributed by atoms with E-state index in [-0.39, 0.29) is 5.54 Å². The summed E-state index contributed by atoms with van der Waals surface area (Å²) in [5, 5.41) is 13.4. The van der Waals surface area contributed by atoms with Crippen LogP contribution in [0.2, 0.25) is 0 Å². The van der Waals surface area contributed by atoms with Gasteiger partial charge in [0.05, 0.1) is 6.61 Å². The van der Waals surface area contributed by atoms with E-state index in [0.717, 1.165) is 25.2 Å². The molecule has 0 amide bonds. The van der Waals surface area contributed by atoms with Gasteiger partial charge in [-0.3, -0.25) is 0 Å². The lowest BCUT2D eigenvalue weighted by atomic mass is 9.95. The molecule has 0 aromatic heterocycles. The molecule has 0 aliphatic carbocycles. The minimum Gasteiger partial charge on any atom is -0.491 e. The molecule has 1 aliphatic rings. The van der Waals surface area contributed by atoms with Gasteiger partial charge >= 0.3 is 0 Å². The van der Waals surface area contributed by atoms with Crippen molar-refractivity contribution in [3.63, 3.8) is 0 Å². The maximum absolute atomic E-state index is 9.98. The molecule has 4 nitrogen and oxygen atoms in total. The minimum atomic E-state index is -0.518. The molecule has 2 N–H and O–H groups in total. The van der Waals surface area contributed by atoms with Crippen LogP contribution in [0, 0.1) is 6.92 Å². The molecule has 2 rings (SSSR count). The van der Waals surface area contributed by atoms with Gasteiger partial charge in [-0.15, -0.1) is 0 Å². The van der Waals surface area contributed by atoms with Crippen LogP contribution in [0.3, 0.4) is 0 Å². The SMILES string of the molecule is Cc1ccc(OCC(O)CNC2(C)CCCOC2)cc1. The summed E-state index contributed by atoms with van der Waals surface area (Å²) in [7, 11) is 0. The number of aryl methyl sites for hydroxylation is 1. The third-order valence-corrected chi connectivity index (χ3v) is 3.67. The van der Waals surface area contributed by atoms with Crippen molar-refractivity contribution in [1.82, 2.24) is 5.32 Å². The summed E-state index contributed by atoms with van der Waals surface area (Å²) in [5.41, 5.74) is 1.17. The first-order valence-corrected chi connectivity index (χ1v) is 7.28. The van der Waals surface area contributed by atoms with Gasteiger partial charge in [0, 0.05) is 18.7 Å². The standard InChI is InChI=1S/C16H25NO3/c1-13-4-6-15(7-5-13)20-11-14(18)10-17-16(2)8-3-9-19-12-16/h4-7,14,17-18H,3,8-12H2,1-2H3. The average Bonchev–Trinajstić information content (AvgIpc) is 2.45. The fraction of sp³-hybridized carbons (Fsp3) is 0.625. The largest absolute Gasteiger partial charge is 0.491 e. The van der Waals surface area contributed by atoms with Crippen molar-refractivity contribution in [3.05, 3.63) is 29.8 Å². The molecule has 0 bridgehead atoms. The van der Waals surface area contributed by atoms with Gasteiger partial charge in [-0.1, -0.05) is 17.7 Å². The molecule has 2 atom stereocenters. The molecule has 0 spiro atoms. The lowest BCUT2D eigenvalue weighted by Gasteiger charge is -2.35. The Morgan fingerprint density at radius 3 is 2.80 bits per heavy atom. The van der Waals surface area contributed by atoms with Crippen LogP contribution in [-0.4, -0.2) is 43.1 Å². The van der Waals surface area contributed by atoms with Crippen LogP contribution in [0.1, 0.15) is 25.3 Å². The maximum atomic E-state index is 9.98. The van der Waals surface area contributed by atoms with E-state index in [1.54, 1.807) is 0 Å². The van der Waals surface area contributed by atoms with Crippen LogP contribution in [0.5, 0.6) is 5.75 Å². The zero-order chi connectivity index (χ0) is 14.4. The Hall–Kier alpha value is -1.10. The molecule has 1 aromatic rings. The van der Waals surface area contributed by atoms with Gasteiger partial charge in [0.25, 0.3) is 0 Å². The summed E-state index contributed by atoms with van der Waals surface area (Å²) in [6.45, 7) is 6.54. The number of nitrogens with one attached hydrogen (secondary N) is 1. The van der Waals surface area contributed by atoms with Crippen molar-refractivity contribution < 1.29 is 14.6 Å². The molecular formula is C16H25NO3. The van der Waals surface area contributed by atoms with E-state index in [1.165, 1.54) is 5.56 Å². The molecule has 20 heavy (non-hydrogen) atoms. The van der Waals surface area contributed by atoms with E-state index in [9.17, 15) is 5.11 Å². The van der Waals surface area contributed by atoms with Gasteiger partial charge in [-0.05, 0) is 38.8 Å². The zero-order valence-corrected chi connectivity index (χ0v) is 12.4. The van der Waals surface area contributed by atoms with E-state index in [2.05, 4.69) is 12.2 Å². The Morgan fingerprint density at radius 2 is 2.15 bits per heavy atom. The predicted molar refractivity (Wildman–Crippen MR) is 79.1 cm³/mol. The van der Waals surface area contributed by atoms with Gasteiger partial charge in [0.2, 0.25) is 0 Å². The van der Waals surface area contributed by atoms with Gasteiger partial charge in [-0.25, -0.2) is 0 Å². The molecule has 0 radical (unpaired) electrons. The molecule has 1 heterocycles. The second-order valence-electron chi connectivity index (χ2n) is 5.88. The Labute approximate surface area is 121 Å². The van der Waals surface area contributed by atoms with Crippen LogP contribution in [-0.2, 0) is 4.74 Å². The van der Waals surface area contributed by atoms with Gasteiger partial charge < -0.3 is 19.9 Å². The molecule has 2 unspecified atom stereocenters. The van der Waals surface area contributed by atoms with E-state index >= 15 is 0 Å². The summed E-state index contributed by atoms with van der Waals surface area (Å²) in [5.74, 6) is 0.793. The highest BCUT2D eigenvalue weighted by atomic mass is 16.5. The van der Waals surface area contributed by atoms with Gasteiger partial charge in [-0.2, -0.15) is 0 Å². The summed E-state index contributed by atoms with van der Waals surface area (Å²) in [6, 6.07) is 7.85. The quantitative estimate of drug-likeness (QED) is 0.835. The highest BCUT2D eigenvalue weighted by molar-refractivity contribution is 5.26. The maximum Gasteiger partial charge on any atom is 0.119 e. The third kappa shape index (κ3) is 4.78. The van der Waals surface area contributed by atoms with Crippen molar-refractivity contribution in [1.29, 1.82) is 0 Å². The molecule has 1 aromatic carbocycles. The molecule has 1 aliphatic heterocycles. The number of hydrogen-bond acceptors (Lipinski definition) is 4. The Morgan fingerprint density at radius 1 is 1.40 bits per heavy atom. The van der Waals surface area contributed by atoms with E-state index < -0.39 is 6.10 Å². The van der Waals surface area contributed by atoms with Crippen molar-refractivity contribution in [2.75, 3.05) is 26.4 Å². The van der Waals surface area contributed by atoms with Crippen LogP contribution >= 0.6 is 0 Å². The van der Waals surface area contributed by atoms with Gasteiger partial charge in [0.15, 0.2) is 0 Å².